The number of nitrogens with one attached hydrogen (secondary N) is 1. The third-order valence-electron chi connectivity index (χ3n) is 3.24. The first-order chi connectivity index (χ1) is 13.4. The number of ether oxygens (including phenoxy) is 3. The normalized spacial score (nSPS) is 10.3. The maximum Gasteiger partial charge on any atom is 0.340 e. The molecule has 156 valence electrons. The van der Waals surface area contributed by atoms with Crippen LogP contribution in [0.25, 0.3) is 0 Å². The molecule has 0 spiro atoms. The summed E-state index contributed by atoms with van der Waals surface area (Å²) in [6, 6.07) is 8.62. The van der Waals surface area contributed by atoms with E-state index in [0.29, 0.717) is 22.1 Å². The second-order valence-corrected chi connectivity index (χ2v) is 6.27. The fourth-order valence-electron chi connectivity index (χ4n) is 1.99. The lowest BCUT2D eigenvalue weighted by atomic mass is 10.3. The van der Waals surface area contributed by atoms with Crippen molar-refractivity contribution in [1.82, 2.24) is 0 Å². The van der Waals surface area contributed by atoms with E-state index >= 15 is 0 Å². The largest absolute Gasteiger partial charge is 0.497 e. The summed E-state index contributed by atoms with van der Waals surface area (Å²) in [6.07, 6.45) is -0.730. The first-order valence-corrected chi connectivity index (χ1v) is 10.1. The van der Waals surface area contributed by atoms with Gasteiger partial charge in [-0.05, 0) is 44.2 Å². The van der Waals surface area contributed by atoms with Gasteiger partial charge in [-0.2, -0.15) is 0 Å². The Balaban J connectivity index is 0.00000171. The average molecular weight is 410 g/mol. The number of aryl methyl sites for hydroxylation is 1. The minimum absolute atomic E-state index is 0.338. The number of anilines is 1. The molecule has 1 aromatic heterocycles. The van der Waals surface area contributed by atoms with E-state index in [2.05, 4.69) is 5.32 Å². The van der Waals surface area contributed by atoms with Crippen LogP contribution in [0.15, 0.2) is 30.3 Å². The third kappa shape index (κ3) is 7.60. The van der Waals surface area contributed by atoms with E-state index in [4.69, 9.17) is 14.2 Å². The lowest BCUT2D eigenvalue weighted by Gasteiger charge is -2.14. The van der Waals surface area contributed by atoms with Crippen molar-refractivity contribution in [3.63, 3.8) is 0 Å². The van der Waals surface area contributed by atoms with Crippen LogP contribution in [-0.4, -0.2) is 32.2 Å². The molecule has 0 aliphatic carbocycles. The van der Waals surface area contributed by atoms with Crippen LogP contribution in [0, 0.1) is 6.92 Å². The van der Waals surface area contributed by atoms with E-state index in [1.807, 2.05) is 34.6 Å². The smallest absolute Gasteiger partial charge is 0.340 e. The third-order valence-corrected chi connectivity index (χ3v) is 4.20. The second kappa shape index (κ2) is 13.6. The number of amides is 1. The van der Waals surface area contributed by atoms with E-state index in [0.717, 1.165) is 4.88 Å². The van der Waals surface area contributed by atoms with Gasteiger partial charge in [0.15, 0.2) is 6.10 Å². The molecule has 0 radical (unpaired) electrons. The monoisotopic (exact) mass is 409 g/mol. The quantitative estimate of drug-likeness (QED) is 0.655. The van der Waals surface area contributed by atoms with E-state index in [1.54, 1.807) is 44.4 Å². The lowest BCUT2D eigenvalue weighted by molar-refractivity contribution is -0.122. The van der Waals surface area contributed by atoms with Crippen LogP contribution >= 0.6 is 11.3 Å². The summed E-state index contributed by atoms with van der Waals surface area (Å²) in [5.41, 5.74) is 0.338. The van der Waals surface area contributed by atoms with E-state index in [9.17, 15) is 9.59 Å². The highest BCUT2D eigenvalue weighted by molar-refractivity contribution is 7.16. The van der Waals surface area contributed by atoms with Gasteiger partial charge in [-0.25, -0.2) is 4.79 Å². The Morgan fingerprint density at radius 3 is 2.04 bits per heavy atom. The zero-order valence-corrected chi connectivity index (χ0v) is 18.7. The standard InChI is InChI=1S/C17H19NO5S.2C2H6/c1-10-9-14(17(20)22-4)16(24-10)18-15(19)11(2)23-13-7-5-12(21-3)6-8-13;2*1-2/h5-9,11H,1-4H3,(H,18,19);2*1-2H3. The molecule has 7 heteroatoms. The van der Waals surface area contributed by atoms with E-state index in [1.165, 1.54) is 18.4 Å². The van der Waals surface area contributed by atoms with Crippen molar-refractivity contribution in [1.29, 1.82) is 0 Å². The summed E-state index contributed by atoms with van der Waals surface area (Å²) >= 11 is 1.31. The zero-order valence-electron chi connectivity index (χ0n) is 17.9. The molecule has 1 amide bonds. The number of thiophene rings is 1. The van der Waals surface area contributed by atoms with Crippen LogP contribution in [0.4, 0.5) is 5.00 Å². The molecule has 0 saturated heterocycles. The van der Waals surface area contributed by atoms with Crippen LogP contribution in [0.5, 0.6) is 11.5 Å². The molecule has 1 heterocycles. The predicted molar refractivity (Wildman–Crippen MR) is 115 cm³/mol. The minimum Gasteiger partial charge on any atom is -0.497 e. The molecular formula is C21H31NO5S. The van der Waals surface area contributed by atoms with Crippen LogP contribution in [0.3, 0.4) is 0 Å². The first-order valence-electron chi connectivity index (χ1n) is 9.25. The maximum absolute atomic E-state index is 12.3. The Morgan fingerprint density at radius 1 is 1.00 bits per heavy atom. The molecule has 0 bridgehead atoms. The number of hydrogen-bond acceptors (Lipinski definition) is 6. The topological polar surface area (TPSA) is 73.9 Å². The van der Waals surface area contributed by atoms with Crippen molar-refractivity contribution >= 4 is 28.2 Å². The number of carbonyl (C=O) groups excluding carboxylic acids is 2. The molecule has 1 atom stereocenters. The summed E-state index contributed by atoms with van der Waals surface area (Å²) in [6.45, 7) is 11.5. The van der Waals surface area contributed by atoms with Gasteiger partial charge in [-0.1, -0.05) is 27.7 Å². The van der Waals surface area contributed by atoms with Crippen molar-refractivity contribution in [2.45, 2.75) is 47.6 Å². The van der Waals surface area contributed by atoms with Gasteiger partial charge < -0.3 is 19.5 Å². The molecule has 2 rings (SSSR count). The van der Waals surface area contributed by atoms with Gasteiger partial charge in [-0.15, -0.1) is 11.3 Å². The summed E-state index contributed by atoms with van der Waals surface area (Å²) < 4.78 is 15.4. The first kappa shape index (κ1) is 25.5. The molecule has 28 heavy (non-hydrogen) atoms. The van der Waals surface area contributed by atoms with Gasteiger partial charge in [0, 0.05) is 4.88 Å². The Morgan fingerprint density at radius 2 is 1.54 bits per heavy atom. The fraction of sp³-hybridized carbons (Fsp3) is 0.429. The van der Waals surface area contributed by atoms with Crippen LogP contribution in [-0.2, 0) is 9.53 Å². The van der Waals surface area contributed by atoms with Crippen molar-refractivity contribution in [2.75, 3.05) is 19.5 Å². The second-order valence-electron chi connectivity index (χ2n) is 5.02. The van der Waals surface area contributed by atoms with Gasteiger partial charge in [0.2, 0.25) is 0 Å². The van der Waals surface area contributed by atoms with E-state index < -0.39 is 12.1 Å². The van der Waals surface area contributed by atoms with Crippen LogP contribution < -0.4 is 14.8 Å². The highest BCUT2D eigenvalue weighted by atomic mass is 32.1. The van der Waals surface area contributed by atoms with Gasteiger partial charge in [0.25, 0.3) is 5.91 Å². The van der Waals surface area contributed by atoms with Gasteiger partial charge in [0.05, 0.1) is 19.8 Å². The van der Waals surface area contributed by atoms with Crippen molar-refractivity contribution in [3.05, 3.63) is 40.8 Å². The Hall–Kier alpha value is -2.54. The number of methoxy groups -OCH3 is 2. The molecule has 1 N–H and O–H groups in total. The zero-order chi connectivity index (χ0) is 21.7. The van der Waals surface area contributed by atoms with Crippen LogP contribution in [0.2, 0.25) is 0 Å². The Labute approximate surface area is 171 Å². The molecule has 0 fully saturated rings. The summed E-state index contributed by atoms with van der Waals surface area (Å²) in [4.78, 5) is 24.9. The Kier molecular flexibility index (Phi) is 12.4. The number of hydrogen-bond donors (Lipinski definition) is 1. The molecule has 2 aromatic rings. The highest BCUT2D eigenvalue weighted by Crippen LogP contribution is 2.28. The number of rotatable bonds is 6. The predicted octanol–water partition coefficient (Wildman–Crippen LogP) is 5.31. The van der Waals surface area contributed by atoms with Crippen molar-refractivity contribution < 1.29 is 23.8 Å². The van der Waals surface area contributed by atoms with Crippen molar-refractivity contribution in [2.24, 2.45) is 0 Å². The van der Waals surface area contributed by atoms with Gasteiger partial charge in [0.1, 0.15) is 16.5 Å². The summed E-state index contributed by atoms with van der Waals surface area (Å²) in [5, 5.41) is 3.17. The minimum atomic E-state index is -0.730. The fourth-order valence-corrected chi connectivity index (χ4v) is 2.90. The van der Waals surface area contributed by atoms with Gasteiger partial charge >= 0.3 is 5.97 Å². The van der Waals surface area contributed by atoms with Crippen molar-refractivity contribution in [3.8, 4) is 11.5 Å². The molecule has 6 nitrogen and oxygen atoms in total. The number of benzene rings is 1. The number of esters is 1. The molecule has 0 aliphatic heterocycles. The SMILES string of the molecule is CC.CC.COC(=O)c1cc(C)sc1NC(=O)C(C)Oc1ccc(OC)cc1. The summed E-state index contributed by atoms with van der Waals surface area (Å²) in [5.74, 6) is 0.418. The molecule has 1 aromatic carbocycles. The summed E-state index contributed by atoms with van der Waals surface area (Å²) in [7, 11) is 2.88. The average Bonchev–Trinajstić information content (AvgIpc) is 3.10. The van der Waals surface area contributed by atoms with Gasteiger partial charge in [-0.3, -0.25) is 4.79 Å². The number of carbonyl (C=O) groups is 2. The maximum atomic E-state index is 12.3. The molecule has 1 unspecified atom stereocenters. The van der Waals surface area contributed by atoms with Crippen LogP contribution in [0.1, 0.15) is 49.9 Å². The molecule has 0 aliphatic rings. The lowest BCUT2D eigenvalue weighted by Crippen LogP contribution is -2.30. The Bertz CT molecular complexity index is 725. The molecule has 0 saturated carbocycles. The molecular weight excluding hydrogens is 378 g/mol. The van der Waals surface area contributed by atoms with E-state index in [-0.39, 0.29) is 5.91 Å². The highest BCUT2D eigenvalue weighted by Gasteiger charge is 2.21.